The highest BCUT2D eigenvalue weighted by atomic mass is 35.5. The summed E-state index contributed by atoms with van der Waals surface area (Å²) in [5.74, 6) is 1.47. The fourth-order valence-electron chi connectivity index (χ4n) is 2.08. The molecule has 0 aliphatic rings. The second-order valence-electron chi connectivity index (χ2n) is 5.09. The molecule has 130 valence electrons. The maximum Gasteiger partial charge on any atom is 0.191 e. The smallest absolute Gasteiger partial charge is 0.191 e. The van der Waals surface area contributed by atoms with Gasteiger partial charge in [-0.3, -0.25) is 0 Å². The number of hydrogen-bond acceptors (Lipinski definition) is 4. The second-order valence-corrected chi connectivity index (χ2v) is 6.83. The lowest BCUT2D eigenvalue weighted by Crippen LogP contribution is -2.39. The van der Waals surface area contributed by atoms with Gasteiger partial charge in [-0.1, -0.05) is 23.7 Å². The molecule has 2 aromatic rings. The van der Waals surface area contributed by atoms with Crippen molar-refractivity contribution in [1.82, 2.24) is 10.6 Å². The molecule has 0 spiro atoms. The number of nitrogens with one attached hydrogen (secondary N) is 2. The largest absolute Gasteiger partial charge is 0.497 e. The molecule has 0 radical (unpaired) electrons. The van der Waals surface area contributed by atoms with Crippen LogP contribution in [0.2, 0.25) is 4.34 Å². The van der Waals surface area contributed by atoms with Crippen LogP contribution in [0.3, 0.4) is 0 Å². The molecular weight excluding hydrogens is 346 g/mol. The molecule has 1 unspecified atom stereocenters. The Bertz CT molecular complexity index is 675. The monoisotopic (exact) mass is 367 g/mol. The number of ether oxygens (including phenoxy) is 1. The molecule has 0 saturated carbocycles. The molecule has 1 heterocycles. The van der Waals surface area contributed by atoms with E-state index in [-0.39, 0.29) is 0 Å². The number of halogens is 1. The first-order valence-corrected chi connectivity index (χ1v) is 8.90. The molecule has 7 heteroatoms. The van der Waals surface area contributed by atoms with Crippen LogP contribution in [0.4, 0.5) is 0 Å². The number of guanidine groups is 1. The predicted octanol–water partition coefficient (Wildman–Crippen LogP) is 3.20. The molecule has 0 aliphatic carbocycles. The normalized spacial score (nSPS) is 12.8. The summed E-state index contributed by atoms with van der Waals surface area (Å²) < 4.78 is 5.89. The predicted molar refractivity (Wildman–Crippen MR) is 100 cm³/mol. The average Bonchev–Trinajstić information content (AvgIpc) is 3.04. The van der Waals surface area contributed by atoms with Crippen LogP contribution >= 0.6 is 22.9 Å². The van der Waals surface area contributed by atoms with E-state index in [1.54, 1.807) is 13.2 Å². The quantitative estimate of drug-likeness (QED) is 0.519. The average molecular weight is 368 g/mol. The summed E-state index contributed by atoms with van der Waals surface area (Å²) >= 11 is 7.28. The first-order valence-electron chi connectivity index (χ1n) is 7.70. The summed E-state index contributed by atoms with van der Waals surface area (Å²) in [4.78, 5) is 5.36. The molecule has 3 N–H and O–H groups in total. The molecule has 0 fully saturated rings. The molecule has 1 atom stereocenters. The van der Waals surface area contributed by atoms with E-state index in [1.165, 1.54) is 11.3 Å². The zero-order valence-corrected chi connectivity index (χ0v) is 15.3. The first kappa shape index (κ1) is 18.6. The molecule has 0 amide bonds. The zero-order valence-electron chi connectivity index (χ0n) is 13.8. The Kier molecular flexibility index (Phi) is 7.36. The van der Waals surface area contributed by atoms with Gasteiger partial charge in [0, 0.05) is 18.0 Å². The van der Waals surface area contributed by atoms with Gasteiger partial charge in [-0.25, -0.2) is 4.99 Å². The van der Waals surface area contributed by atoms with Gasteiger partial charge in [0.25, 0.3) is 0 Å². The summed E-state index contributed by atoms with van der Waals surface area (Å²) in [6.07, 6.45) is -0.622. The summed E-state index contributed by atoms with van der Waals surface area (Å²) in [6.45, 7) is 3.62. The summed E-state index contributed by atoms with van der Waals surface area (Å²) in [5, 5.41) is 16.5. The fraction of sp³-hybridized carbons (Fsp3) is 0.353. The van der Waals surface area contributed by atoms with Gasteiger partial charge in [0.1, 0.15) is 11.9 Å². The van der Waals surface area contributed by atoms with E-state index < -0.39 is 6.10 Å². The van der Waals surface area contributed by atoms with Gasteiger partial charge in [-0.2, -0.15) is 0 Å². The Balaban J connectivity index is 1.94. The number of aliphatic imine (C=N–C) groups is 1. The standard InChI is InChI=1S/C17H22ClN3O2S/c1-3-19-17(20-10-12-5-4-6-13(9-12)23-2)21-11-14(22)15-7-8-16(18)24-15/h4-9,14,22H,3,10-11H2,1-2H3,(H2,19,20,21). The molecule has 0 bridgehead atoms. The fourth-order valence-corrected chi connectivity index (χ4v) is 3.13. The van der Waals surface area contributed by atoms with Gasteiger partial charge >= 0.3 is 0 Å². The van der Waals surface area contributed by atoms with Crippen molar-refractivity contribution in [2.75, 3.05) is 20.2 Å². The van der Waals surface area contributed by atoms with Crippen molar-refractivity contribution in [2.24, 2.45) is 4.99 Å². The zero-order chi connectivity index (χ0) is 17.4. The van der Waals surface area contributed by atoms with Crippen LogP contribution in [-0.4, -0.2) is 31.3 Å². The van der Waals surface area contributed by atoms with E-state index in [1.807, 2.05) is 37.3 Å². The number of aliphatic hydroxyl groups excluding tert-OH is 1. The number of nitrogens with zero attached hydrogens (tertiary/aromatic N) is 1. The summed E-state index contributed by atoms with van der Waals surface area (Å²) in [5.41, 5.74) is 1.05. The van der Waals surface area contributed by atoms with Crippen LogP contribution in [0.15, 0.2) is 41.4 Å². The van der Waals surface area contributed by atoms with Crippen molar-refractivity contribution in [3.63, 3.8) is 0 Å². The van der Waals surface area contributed by atoms with Crippen LogP contribution in [0, 0.1) is 0 Å². The maximum absolute atomic E-state index is 10.2. The Labute approximate surface area is 151 Å². The molecule has 1 aromatic carbocycles. The van der Waals surface area contributed by atoms with Crippen molar-refractivity contribution in [3.05, 3.63) is 51.2 Å². The Morgan fingerprint density at radius 2 is 2.17 bits per heavy atom. The Morgan fingerprint density at radius 3 is 2.83 bits per heavy atom. The number of methoxy groups -OCH3 is 1. The summed E-state index contributed by atoms with van der Waals surface area (Å²) in [6, 6.07) is 11.4. The molecule has 0 saturated heterocycles. The molecule has 2 rings (SSSR count). The van der Waals surface area contributed by atoms with Crippen molar-refractivity contribution in [2.45, 2.75) is 19.6 Å². The lowest BCUT2D eigenvalue weighted by atomic mass is 10.2. The van der Waals surface area contributed by atoms with E-state index in [2.05, 4.69) is 15.6 Å². The second kappa shape index (κ2) is 9.52. The third-order valence-corrected chi connectivity index (χ3v) is 4.62. The number of aliphatic hydroxyl groups is 1. The van der Waals surface area contributed by atoms with Crippen LogP contribution in [0.5, 0.6) is 5.75 Å². The highest BCUT2D eigenvalue weighted by Gasteiger charge is 2.11. The minimum absolute atomic E-state index is 0.362. The third-order valence-electron chi connectivity index (χ3n) is 3.28. The SMILES string of the molecule is CCNC(=NCc1cccc(OC)c1)NCC(O)c1ccc(Cl)s1. The van der Waals surface area contributed by atoms with E-state index in [9.17, 15) is 5.11 Å². The molecule has 24 heavy (non-hydrogen) atoms. The minimum Gasteiger partial charge on any atom is -0.497 e. The van der Waals surface area contributed by atoms with Crippen LogP contribution in [0.25, 0.3) is 0 Å². The highest BCUT2D eigenvalue weighted by Crippen LogP contribution is 2.26. The first-order chi connectivity index (χ1) is 11.6. The van der Waals surface area contributed by atoms with E-state index in [4.69, 9.17) is 16.3 Å². The van der Waals surface area contributed by atoms with Gasteiger partial charge < -0.3 is 20.5 Å². The van der Waals surface area contributed by atoms with Crippen molar-refractivity contribution in [1.29, 1.82) is 0 Å². The van der Waals surface area contributed by atoms with Crippen molar-refractivity contribution >= 4 is 28.9 Å². The topological polar surface area (TPSA) is 65.9 Å². The minimum atomic E-state index is -0.622. The van der Waals surface area contributed by atoms with E-state index in [0.717, 1.165) is 22.7 Å². The van der Waals surface area contributed by atoms with Gasteiger partial charge in [0.2, 0.25) is 0 Å². The molecule has 0 aliphatic heterocycles. The molecule has 1 aromatic heterocycles. The van der Waals surface area contributed by atoms with Gasteiger partial charge in [-0.15, -0.1) is 11.3 Å². The molecule has 5 nitrogen and oxygen atoms in total. The number of benzene rings is 1. The van der Waals surface area contributed by atoms with E-state index in [0.29, 0.717) is 23.4 Å². The van der Waals surface area contributed by atoms with Gasteiger partial charge in [0.05, 0.1) is 18.0 Å². The van der Waals surface area contributed by atoms with Crippen LogP contribution in [-0.2, 0) is 6.54 Å². The van der Waals surface area contributed by atoms with E-state index >= 15 is 0 Å². The molecular formula is C17H22ClN3O2S. The lowest BCUT2D eigenvalue weighted by Gasteiger charge is -2.14. The highest BCUT2D eigenvalue weighted by molar-refractivity contribution is 7.16. The van der Waals surface area contributed by atoms with Crippen LogP contribution < -0.4 is 15.4 Å². The van der Waals surface area contributed by atoms with Crippen molar-refractivity contribution < 1.29 is 9.84 Å². The summed E-state index contributed by atoms with van der Waals surface area (Å²) in [7, 11) is 1.65. The Morgan fingerprint density at radius 1 is 1.33 bits per heavy atom. The van der Waals surface area contributed by atoms with Gasteiger partial charge in [-0.05, 0) is 36.8 Å². The van der Waals surface area contributed by atoms with Crippen molar-refractivity contribution in [3.8, 4) is 5.75 Å². The third kappa shape index (κ3) is 5.70. The number of thiophene rings is 1. The number of hydrogen-bond donors (Lipinski definition) is 3. The van der Waals surface area contributed by atoms with Crippen LogP contribution in [0.1, 0.15) is 23.5 Å². The van der Waals surface area contributed by atoms with Gasteiger partial charge in [0.15, 0.2) is 5.96 Å². The lowest BCUT2D eigenvalue weighted by molar-refractivity contribution is 0.184. The Hall–Kier alpha value is -1.76. The number of rotatable bonds is 7. The maximum atomic E-state index is 10.2.